The third-order valence-corrected chi connectivity index (χ3v) is 5.14. The van der Waals surface area contributed by atoms with E-state index in [9.17, 15) is 4.79 Å². The summed E-state index contributed by atoms with van der Waals surface area (Å²) in [6.07, 6.45) is 4.95. The molecular formula is C19H19ClN4O. The predicted octanol–water partition coefficient (Wildman–Crippen LogP) is 3.18. The van der Waals surface area contributed by atoms with E-state index in [2.05, 4.69) is 9.55 Å². The highest BCUT2D eigenvalue weighted by atomic mass is 35.5. The Hall–Kier alpha value is -2.40. The van der Waals surface area contributed by atoms with Crippen molar-refractivity contribution in [3.05, 3.63) is 59.1 Å². The molecule has 3 heterocycles. The lowest BCUT2D eigenvalue weighted by Gasteiger charge is -2.16. The Morgan fingerprint density at radius 1 is 1.28 bits per heavy atom. The Bertz CT molecular complexity index is 919. The van der Waals surface area contributed by atoms with Gasteiger partial charge in [-0.2, -0.15) is 0 Å². The van der Waals surface area contributed by atoms with Crippen molar-refractivity contribution >= 4 is 28.5 Å². The van der Waals surface area contributed by atoms with Crippen LogP contribution in [0.3, 0.4) is 0 Å². The second-order valence-corrected chi connectivity index (χ2v) is 6.96. The number of nitrogens with zero attached hydrogens (tertiary/aromatic N) is 4. The van der Waals surface area contributed by atoms with Crippen LogP contribution in [0.4, 0.5) is 0 Å². The number of imidazole rings is 1. The average Bonchev–Trinajstić information content (AvgIpc) is 3.22. The molecule has 128 valence electrons. The van der Waals surface area contributed by atoms with E-state index < -0.39 is 0 Å². The number of halogens is 1. The molecule has 25 heavy (non-hydrogen) atoms. The Morgan fingerprint density at radius 3 is 2.84 bits per heavy atom. The van der Waals surface area contributed by atoms with Crippen LogP contribution in [-0.4, -0.2) is 38.4 Å². The van der Waals surface area contributed by atoms with Gasteiger partial charge in [-0.25, -0.2) is 4.98 Å². The maximum Gasteiger partial charge on any atom is 0.227 e. The summed E-state index contributed by atoms with van der Waals surface area (Å²) in [5, 5.41) is 0.689. The van der Waals surface area contributed by atoms with Crippen LogP contribution in [0.1, 0.15) is 23.7 Å². The summed E-state index contributed by atoms with van der Waals surface area (Å²) < 4.78 is 2.10. The number of rotatable bonds is 3. The van der Waals surface area contributed by atoms with Gasteiger partial charge in [-0.05, 0) is 30.2 Å². The fourth-order valence-corrected chi connectivity index (χ4v) is 3.63. The van der Waals surface area contributed by atoms with Crippen LogP contribution in [0.25, 0.3) is 11.0 Å². The minimum absolute atomic E-state index is 0.158. The molecule has 1 aromatic carbocycles. The van der Waals surface area contributed by atoms with Gasteiger partial charge in [0.2, 0.25) is 5.91 Å². The third kappa shape index (κ3) is 3.12. The van der Waals surface area contributed by atoms with Crippen LogP contribution in [0.2, 0.25) is 5.02 Å². The monoisotopic (exact) mass is 354 g/mol. The molecule has 2 aromatic heterocycles. The first-order valence-corrected chi connectivity index (χ1v) is 8.78. The lowest BCUT2D eigenvalue weighted by molar-refractivity contribution is -0.129. The van der Waals surface area contributed by atoms with E-state index in [4.69, 9.17) is 16.6 Å². The third-order valence-electron chi connectivity index (χ3n) is 4.89. The molecule has 0 aliphatic carbocycles. The lowest BCUT2D eigenvalue weighted by atomic mass is 10.1. The van der Waals surface area contributed by atoms with Gasteiger partial charge in [0.05, 0.1) is 23.7 Å². The van der Waals surface area contributed by atoms with E-state index in [0.29, 0.717) is 11.4 Å². The molecule has 1 aliphatic rings. The summed E-state index contributed by atoms with van der Waals surface area (Å²) in [4.78, 5) is 23.5. The van der Waals surface area contributed by atoms with Gasteiger partial charge >= 0.3 is 0 Å². The minimum atomic E-state index is 0.158. The average molecular weight is 355 g/mol. The fraction of sp³-hybridized carbons (Fsp3) is 0.316. The summed E-state index contributed by atoms with van der Waals surface area (Å²) in [5.41, 5.74) is 2.98. The number of carbonyl (C=O) groups is 1. The molecule has 4 rings (SSSR count). The van der Waals surface area contributed by atoms with Gasteiger partial charge in [0.15, 0.2) is 0 Å². The van der Waals surface area contributed by atoms with Gasteiger partial charge < -0.3 is 9.47 Å². The zero-order valence-corrected chi connectivity index (χ0v) is 14.8. The molecule has 1 saturated heterocycles. The summed E-state index contributed by atoms with van der Waals surface area (Å²) >= 11 is 5.90. The molecule has 0 N–H and O–H groups in total. The molecule has 3 aromatic rings. The summed E-state index contributed by atoms with van der Waals surface area (Å²) in [7, 11) is 2.02. The molecular weight excluding hydrogens is 336 g/mol. The fourth-order valence-electron chi connectivity index (χ4n) is 3.50. The quantitative estimate of drug-likeness (QED) is 0.725. The number of fused-ring (bicyclic) bond motifs is 1. The van der Waals surface area contributed by atoms with E-state index >= 15 is 0 Å². The van der Waals surface area contributed by atoms with E-state index in [-0.39, 0.29) is 11.8 Å². The van der Waals surface area contributed by atoms with E-state index in [1.54, 1.807) is 6.20 Å². The van der Waals surface area contributed by atoms with Crippen molar-refractivity contribution in [1.82, 2.24) is 19.4 Å². The zero-order chi connectivity index (χ0) is 17.4. The van der Waals surface area contributed by atoms with Crippen LogP contribution in [0, 0.1) is 0 Å². The van der Waals surface area contributed by atoms with Gasteiger partial charge in [0.25, 0.3) is 0 Å². The molecule has 1 amide bonds. The highest BCUT2D eigenvalue weighted by molar-refractivity contribution is 6.30. The number of carbonyl (C=O) groups excluding carboxylic acids is 1. The molecule has 5 nitrogen and oxygen atoms in total. The second-order valence-electron chi connectivity index (χ2n) is 6.52. The Kier molecular flexibility index (Phi) is 4.17. The molecule has 0 bridgehead atoms. The van der Waals surface area contributed by atoms with Crippen LogP contribution in [0.15, 0.2) is 42.7 Å². The lowest BCUT2D eigenvalue weighted by Crippen LogP contribution is -2.30. The van der Waals surface area contributed by atoms with Gasteiger partial charge in [0, 0.05) is 37.3 Å². The standard InChI is InChI=1S/C19H19ClN4O/c1-23-17-11-21-8-6-16(17)22-19(23)14-7-9-24(12-14)18(25)10-13-2-4-15(20)5-3-13/h2-6,8,11,14H,7,9-10,12H2,1H3. The molecule has 1 unspecified atom stereocenters. The van der Waals surface area contributed by atoms with Crippen molar-refractivity contribution in [3.8, 4) is 0 Å². The maximum atomic E-state index is 12.6. The van der Waals surface area contributed by atoms with Crippen molar-refractivity contribution in [2.75, 3.05) is 13.1 Å². The number of likely N-dealkylation sites (tertiary alicyclic amines) is 1. The first-order valence-electron chi connectivity index (χ1n) is 8.40. The summed E-state index contributed by atoms with van der Waals surface area (Å²) in [6.45, 7) is 1.50. The van der Waals surface area contributed by atoms with Crippen LogP contribution < -0.4 is 0 Å². The van der Waals surface area contributed by atoms with E-state index in [1.807, 2.05) is 48.5 Å². The minimum Gasteiger partial charge on any atom is -0.342 e. The molecule has 1 fully saturated rings. The SMILES string of the molecule is Cn1c(C2CCN(C(=O)Cc3ccc(Cl)cc3)C2)nc2ccncc21. The van der Waals surface area contributed by atoms with Crippen LogP contribution in [-0.2, 0) is 18.3 Å². The van der Waals surface area contributed by atoms with Gasteiger partial charge in [-0.15, -0.1) is 0 Å². The molecule has 0 spiro atoms. The molecule has 1 atom stereocenters. The van der Waals surface area contributed by atoms with Crippen molar-refractivity contribution in [2.24, 2.45) is 7.05 Å². The van der Waals surface area contributed by atoms with E-state index in [1.165, 1.54) is 0 Å². The van der Waals surface area contributed by atoms with Gasteiger partial charge in [-0.1, -0.05) is 23.7 Å². The maximum absolute atomic E-state index is 12.6. The first kappa shape index (κ1) is 16.1. The number of hydrogen-bond donors (Lipinski definition) is 0. The van der Waals surface area contributed by atoms with Crippen molar-refractivity contribution in [3.63, 3.8) is 0 Å². The number of benzene rings is 1. The van der Waals surface area contributed by atoms with Crippen molar-refractivity contribution in [2.45, 2.75) is 18.8 Å². The smallest absolute Gasteiger partial charge is 0.227 e. The van der Waals surface area contributed by atoms with Gasteiger partial charge in [-0.3, -0.25) is 9.78 Å². The highest BCUT2D eigenvalue weighted by Gasteiger charge is 2.30. The highest BCUT2D eigenvalue weighted by Crippen LogP contribution is 2.29. The van der Waals surface area contributed by atoms with Crippen LogP contribution >= 0.6 is 11.6 Å². The topological polar surface area (TPSA) is 51.0 Å². The molecule has 0 saturated carbocycles. The second kappa shape index (κ2) is 6.48. The first-order chi connectivity index (χ1) is 12.1. The summed E-state index contributed by atoms with van der Waals surface area (Å²) in [5.74, 6) is 1.46. The van der Waals surface area contributed by atoms with Crippen molar-refractivity contribution in [1.29, 1.82) is 0 Å². The Labute approximate surface area is 151 Å². The number of aryl methyl sites for hydroxylation is 1. The van der Waals surface area contributed by atoms with Gasteiger partial charge in [0.1, 0.15) is 5.82 Å². The molecule has 0 radical (unpaired) electrons. The molecule has 1 aliphatic heterocycles. The zero-order valence-electron chi connectivity index (χ0n) is 14.0. The summed E-state index contributed by atoms with van der Waals surface area (Å²) in [6, 6.07) is 9.39. The molecule has 6 heteroatoms. The number of pyridine rings is 1. The number of aromatic nitrogens is 3. The van der Waals surface area contributed by atoms with Crippen molar-refractivity contribution < 1.29 is 4.79 Å². The van der Waals surface area contributed by atoms with E-state index in [0.717, 1.165) is 41.9 Å². The normalized spacial score (nSPS) is 17.4. The largest absolute Gasteiger partial charge is 0.342 e. The Balaban J connectivity index is 1.47. The van der Waals surface area contributed by atoms with Crippen LogP contribution in [0.5, 0.6) is 0 Å². The number of hydrogen-bond acceptors (Lipinski definition) is 3. The number of amides is 1. The Morgan fingerprint density at radius 2 is 2.08 bits per heavy atom. The predicted molar refractivity (Wildman–Crippen MR) is 97.6 cm³/mol.